The number of halogens is 2. The smallest absolute Gasteiger partial charge is 0.234 e. The van der Waals surface area contributed by atoms with Gasteiger partial charge in [-0.1, -0.05) is 30.1 Å². The molecule has 31 heavy (non-hydrogen) atoms. The molecule has 3 rings (SSSR count). The largest absolute Gasteiger partial charge is 0.355 e. The maximum absolute atomic E-state index is 12.9. The normalized spacial score (nSPS) is 14.7. The lowest BCUT2D eigenvalue weighted by Gasteiger charge is -2.34. The third kappa shape index (κ3) is 5.79. The lowest BCUT2D eigenvalue weighted by molar-refractivity contribution is -0.132. The van der Waals surface area contributed by atoms with Crippen molar-refractivity contribution in [3.8, 4) is 5.69 Å². The van der Waals surface area contributed by atoms with Crippen LogP contribution in [0.4, 0.5) is 0 Å². The zero-order valence-electron chi connectivity index (χ0n) is 18.3. The molecule has 1 aromatic carbocycles. The zero-order valence-corrected chi connectivity index (χ0v) is 19.8. The lowest BCUT2D eigenvalue weighted by atomic mass is 10.1. The molecule has 0 unspecified atom stereocenters. The molecule has 1 saturated heterocycles. The number of nitrogens with one attached hydrogen (secondary N) is 1. The fraction of sp³-hybridized carbons (Fsp3) is 0.500. The van der Waals surface area contributed by atoms with Gasteiger partial charge in [0, 0.05) is 44.0 Å². The van der Waals surface area contributed by atoms with Crippen LogP contribution < -0.4 is 5.32 Å². The Morgan fingerprint density at radius 1 is 1.10 bits per heavy atom. The number of nitrogens with zero attached hydrogens (tertiary/aromatic N) is 4. The maximum atomic E-state index is 12.9. The molecule has 168 valence electrons. The quantitative estimate of drug-likeness (QED) is 0.681. The molecule has 9 heteroatoms. The van der Waals surface area contributed by atoms with Gasteiger partial charge in [-0.15, -0.1) is 0 Å². The number of carbonyl (C=O) groups excluding carboxylic acids is 2. The number of amides is 2. The van der Waals surface area contributed by atoms with Crippen molar-refractivity contribution < 1.29 is 9.59 Å². The minimum absolute atomic E-state index is 0.0441. The van der Waals surface area contributed by atoms with E-state index in [9.17, 15) is 9.59 Å². The van der Waals surface area contributed by atoms with Gasteiger partial charge in [0.15, 0.2) is 0 Å². The van der Waals surface area contributed by atoms with Gasteiger partial charge in [-0.25, -0.2) is 4.68 Å². The summed E-state index contributed by atoms with van der Waals surface area (Å²) in [6, 6.07) is 5.36. The molecule has 0 radical (unpaired) electrons. The summed E-state index contributed by atoms with van der Waals surface area (Å²) in [5, 5.41) is 8.46. The first kappa shape index (κ1) is 23.6. The standard InChI is InChI=1S/C22H29Cl2N5O2/c1-4-7-25-21(30)14-27-8-10-28(11-9-27)22(31)13-18-15(2)26-29(16(18)3)17-5-6-19(23)20(24)12-17/h5-6,12H,4,7-11,13-14H2,1-3H3,(H,25,30). The van der Waals surface area contributed by atoms with E-state index in [1.807, 2.05) is 31.7 Å². The Balaban J connectivity index is 1.61. The third-order valence-corrected chi connectivity index (χ3v) is 6.32. The van der Waals surface area contributed by atoms with Crippen LogP contribution in [0.1, 0.15) is 30.3 Å². The molecule has 0 spiro atoms. The number of hydrogen-bond acceptors (Lipinski definition) is 4. The number of piperazine rings is 1. The second-order valence-electron chi connectivity index (χ2n) is 7.84. The Kier molecular flexibility index (Phi) is 7.97. The summed E-state index contributed by atoms with van der Waals surface area (Å²) in [6.45, 7) is 9.63. The van der Waals surface area contributed by atoms with Gasteiger partial charge in [-0.05, 0) is 38.5 Å². The van der Waals surface area contributed by atoms with Gasteiger partial charge >= 0.3 is 0 Å². The molecular weight excluding hydrogens is 437 g/mol. The van der Waals surface area contributed by atoms with Crippen molar-refractivity contribution in [3.63, 3.8) is 0 Å². The van der Waals surface area contributed by atoms with Crippen LogP contribution in [0, 0.1) is 13.8 Å². The predicted molar refractivity (Wildman–Crippen MR) is 123 cm³/mol. The van der Waals surface area contributed by atoms with Crippen LogP contribution in [0.2, 0.25) is 10.0 Å². The van der Waals surface area contributed by atoms with E-state index in [0.717, 1.165) is 29.1 Å². The van der Waals surface area contributed by atoms with Crippen LogP contribution in [-0.2, 0) is 16.0 Å². The van der Waals surface area contributed by atoms with Gasteiger partial charge in [-0.2, -0.15) is 5.10 Å². The Morgan fingerprint density at radius 2 is 1.81 bits per heavy atom. The summed E-state index contributed by atoms with van der Waals surface area (Å²) in [6.07, 6.45) is 1.23. The number of benzene rings is 1. The van der Waals surface area contributed by atoms with Crippen molar-refractivity contribution in [1.82, 2.24) is 24.9 Å². The Bertz CT molecular complexity index is 952. The van der Waals surface area contributed by atoms with Gasteiger partial charge in [-0.3, -0.25) is 14.5 Å². The minimum Gasteiger partial charge on any atom is -0.355 e. The van der Waals surface area contributed by atoms with E-state index < -0.39 is 0 Å². The SMILES string of the molecule is CCCNC(=O)CN1CCN(C(=O)Cc2c(C)nn(-c3ccc(Cl)c(Cl)c3)c2C)CC1. The highest BCUT2D eigenvalue weighted by atomic mass is 35.5. The molecule has 1 aliphatic heterocycles. The van der Waals surface area contributed by atoms with Crippen LogP contribution in [0.25, 0.3) is 5.69 Å². The van der Waals surface area contributed by atoms with E-state index in [4.69, 9.17) is 23.2 Å². The highest BCUT2D eigenvalue weighted by Gasteiger charge is 2.24. The molecule has 1 aliphatic rings. The molecule has 0 bridgehead atoms. The first-order valence-corrected chi connectivity index (χ1v) is 11.3. The van der Waals surface area contributed by atoms with Crippen molar-refractivity contribution in [1.29, 1.82) is 0 Å². The van der Waals surface area contributed by atoms with Gasteiger partial charge in [0.2, 0.25) is 11.8 Å². The highest BCUT2D eigenvalue weighted by Crippen LogP contribution is 2.26. The van der Waals surface area contributed by atoms with Crippen LogP contribution in [0.3, 0.4) is 0 Å². The van der Waals surface area contributed by atoms with Gasteiger partial charge in [0.1, 0.15) is 0 Å². The summed E-state index contributed by atoms with van der Waals surface area (Å²) < 4.78 is 1.80. The fourth-order valence-electron chi connectivity index (χ4n) is 3.74. The second kappa shape index (κ2) is 10.5. The molecule has 0 aliphatic carbocycles. The van der Waals surface area contributed by atoms with Gasteiger partial charge in [0.05, 0.1) is 34.4 Å². The van der Waals surface area contributed by atoms with E-state index in [1.165, 1.54) is 0 Å². The van der Waals surface area contributed by atoms with E-state index >= 15 is 0 Å². The second-order valence-corrected chi connectivity index (χ2v) is 8.66. The zero-order chi connectivity index (χ0) is 22.5. The van der Waals surface area contributed by atoms with E-state index in [0.29, 0.717) is 55.7 Å². The summed E-state index contributed by atoms with van der Waals surface area (Å²) in [4.78, 5) is 28.8. The fourth-order valence-corrected chi connectivity index (χ4v) is 4.03. The molecule has 2 heterocycles. The van der Waals surface area contributed by atoms with Crippen molar-refractivity contribution in [2.75, 3.05) is 39.3 Å². The van der Waals surface area contributed by atoms with Crippen LogP contribution >= 0.6 is 23.2 Å². The highest BCUT2D eigenvalue weighted by molar-refractivity contribution is 6.42. The first-order chi connectivity index (χ1) is 14.8. The summed E-state index contributed by atoms with van der Waals surface area (Å²) in [5.74, 6) is 0.123. The molecule has 1 fully saturated rings. The monoisotopic (exact) mass is 465 g/mol. The summed E-state index contributed by atoms with van der Waals surface area (Å²) in [7, 11) is 0. The van der Waals surface area contributed by atoms with Crippen molar-refractivity contribution in [2.24, 2.45) is 0 Å². The van der Waals surface area contributed by atoms with Crippen molar-refractivity contribution in [3.05, 3.63) is 45.2 Å². The lowest BCUT2D eigenvalue weighted by Crippen LogP contribution is -2.51. The molecule has 2 amide bonds. The van der Waals surface area contributed by atoms with Crippen LogP contribution in [-0.4, -0.2) is 70.7 Å². The molecular formula is C22H29Cl2N5O2. The Labute approximate surface area is 193 Å². The molecule has 1 N–H and O–H groups in total. The number of aryl methyl sites for hydroxylation is 1. The topological polar surface area (TPSA) is 70.5 Å². The molecule has 1 aromatic heterocycles. The number of hydrogen-bond donors (Lipinski definition) is 1. The molecule has 0 saturated carbocycles. The predicted octanol–water partition coefficient (Wildman–Crippen LogP) is 3.01. The number of rotatable bonds is 7. The van der Waals surface area contributed by atoms with E-state index in [-0.39, 0.29) is 11.8 Å². The summed E-state index contributed by atoms with van der Waals surface area (Å²) in [5.41, 5.74) is 3.47. The first-order valence-electron chi connectivity index (χ1n) is 10.6. The van der Waals surface area contributed by atoms with Crippen LogP contribution in [0.15, 0.2) is 18.2 Å². The molecule has 7 nitrogen and oxygen atoms in total. The number of carbonyl (C=O) groups is 2. The van der Waals surface area contributed by atoms with E-state index in [2.05, 4.69) is 15.3 Å². The third-order valence-electron chi connectivity index (χ3n) is 5.58. The van der Waals surface area contributed by atoms with Gasteiger partial charge < -0.3 is 10.2 Å². The summed E-state index contributed by atoms with van der Waals surface area (Å²) >= 11 is 12.2. The van der Waals surface area contributed by atoms with E-state index in [1.54, 1.807) is 16.8 Å². The van der Waals surface area contributed by atoms with Crippen molar-refractivity contribution in [2.45, 2.75) is 33.6 Å². The molecule has 2 aromatic rings. The Morgan fingerprint density at radius 3 is 2.45 bits per heavy atom. The maximum Gasteiger partial charge on any atom is 0.234 e. The van der Waals surface area contributed by atoms with Crippen LogP contribution in [0.5, 0.6) is 0 Å². The average molecular weight is 466 g/mol. The Hall–Kier alpha value is -2.09. The number of aromatic nitrogens is 2. The molecule has 0 atom stereocenters. The van der Waals surface area contributed by atoms with Gasteiger partial charge in [0.25, 0.3) is 0 Å². The average Bonchev–Trinajstić information content (AvgIpc) is 3.03. The minimum atomic E-state index is 0.0441. The van der Waals surface area contributed by atoms with Crippen molar-refractivity contribution >= 4 is 35.0 Å².